The van der Waals surface area contributed by atoms with Gasteiger partial charge in [-0.2, -0.15) is 0 Å². The maximum absolute atomic E-state index is 6.22. The van der Waals surface area contributed by atoms with Crippen molar-refractivity contribution in [2.45, 2.75) is 37.1 Å². The number of hydrogen-bond donors (Lipinski definition) is 0. The average Bonchev–Trinajstić information content (AvgIpc) is 2.50. The Morgan fingerprint density at radius 2 is 2.00 bits per heavy atom. The summed E-state index contributed by atoms with van der Waals surface area (Å²) in [5, 5.41) is 0.415. The minimum atomic E-state index is 0.415. The first-order chi connectivity index (χ1) is 7.31. The molecule has 3 aliphatic rings. The van der Waals surface area contributed by atoms with E-state index in [4.69, 9.17) is 11.6 Å². The molecule has 0 aromatic rings. The van der Waals surface area contributed by atoms with Crippen LogP contribution in [0.1, 0.15) is 25.7 Å². The van der Waals surface area contributed by atoms with Crippen molar-refractivity contribution in [3.8, 4) is 0 Å². The predicted molar refractivity (Wildman–Crippen MR) is 63.4 cm³/mol. The maximum atomic E-state index is 6.22. The number of fused-ring (bicyclic) bond motifs is 1. The van der Waals surface area contributed by atoms with E-state index in [0.717, 1.165) is 18.5 Å². The quantitative estimate of drug-likeness (QED) is 0.665. The number of halogens is 1. The molecule has 0 radical (unpaired) electrons. The van der Waals surface area contributed by atoms with Gasteiger partial charge in [0, 0.05) is 44.1 Å². The van der Waals surface area contributed by atoms with E-state index in [1.165, 1.54) is 51.9 Å². The summed E-state index contributed by atoms with van der Waals surface area (Å²) in [6.07, 6.45) is 5.63. The molecule has 0 N–H and O–H groups in total. The third-order valence-corrected chi connectivity index (χ3v) is 4.71. The first-order valence-electron chi connectivity index (χ1n) is 6.42. The molecule has 1 aliphatic carbocycles. The van der Waals surface area contributed by atoms with E-state index in [1.54, 1.807) is 0 Å². The Morgan fingerprint density at radius 3 is 2.73 bits per heavy atom. The second kappa shape index (κ2) is 4.23. The zero-order valence-electron chi connectivity index (χ0n) is 9.37. The van der Waals surface area contributed by atoms with Crippen LogP contribution in [0.3, 0.4) is 0 Å². The summed E-state index contributed by atoms with van der Waals surface area (Å²) in [6, 6.07) is 0.765. The predicted octanol–water partition coefficient (Wildman–Crippen LogP) is 1.78. The van der Waals surface area contributed by atoms with Crippen LogP contribution in [0.15, 0.2) is 0 Å². The number of hydrogen-bond acceptors (Lipinski definition) is 2. The van der Waals surface area contributed by atoms with E-state index < -0.39 is 0 Å². The fraction of sp³-hybridized carbons (Fsp3) is 1.00. The summed E-state index contributed by atoms with van der Waals surface area (Å²) in [5.74, 6) is 1.02. The van der Waals surface area contributed by atoms with E-state index in [-0.39, 0.29) is 0 Å². The van der Waals surface area contributed by atoms with E-state index in [9.17, 15) is 0 Å². The molecule has 0 bridgehead atoms. The van der Waals surface area contributed by atoms with Crippen LogP contribution in [0.4, 0.5) is 0 Å². The van der Waals surface area contributed by atoms with Crippen molar-refractivity contribution in [1.29, 1.82) is 0 Å². The number of nitrogens with zero attached hydrogens (tertiary/aromatic N) is 2. The van der Waals surface area contributed by atoms with Gasteiger partial charge < -0.3 is 4.90 Å². The van der Waals surface area contributed by atoms with Gasteiger partial charge in [-0.3, -0.25) is 4.90 Å². The summed E-state index contributed by atoms with van der Waals surface area (Å²) < 4.78 is 0. The van der Waals surface area contributed by atoms with Crippen molar-refractivity contribution in [1.82, 2.24) is 9.80 Å². The van der Waals surface area contributed by atoms with Gasteiger partial charge in [0.15, 0.2) is 0 Å². The SMILES string of the molecule is ClC1CC2CN(CC3CCC3)CCN2C1. The molecule has 3 rings (SSSR count). The van der Waals surface area contributed by atoms with Gasteiger partial charge in [0.2, 0.25) is 0 Å². The highest BCUT2D eigenvalue weighted by molar-refractivity contribution is 6.21. The lowest BCUT2D eigenvalue weighted by atomic mass is 9.85. The molecule has 3 heteroatoms. The van der Waals surface area contributed by atoms with Crippen molar-refractivity contribution < 1.29 is 0 Å². The molecule has 2 atom stereocenters. The van der Waals surface area contributed by atoms with Gasteiger partial charge in [0.05, 0.1) is 0 Å². The molecule has 2 nitrogen and oxygen atoms in total. The first kappa shape index (κ1) is 10.4. The molecular formula is C12H21ClN2. The standard InChI is InChI=1S/C12H21ClN2/c13-11-6-12-9-14(4-5-15(12)8-11)7-10-2-1-3-10/h10-12H,1-9H2. The van der Waals surface area contributed by atoms with Crippen molar-refractivity contribution in [2.75, 3.05) is 32.7 Å². The topological polar surface area (TPSA) is 6.48 Å². The fourth-order valence-electron chi connectivity index (χ4n) is 3.25. The zero-order valence-corrected chi connectivity index (χ0v) is 10.1. The van der Waals surface area contributed by atoms with Crippen LogP contribution >= 0.6 is 11.6 Å². The number of piperazine rings is 1. The lowest BCUT2D eigenvalue weighted by Crippen LogP contribution is -2.51. The van der Waals surface area contributed by atoms with Crippen molar-refractivity contribution in [3.05, 3.63) is 0 Å². The molecule has 2 saturated heterocycles. The summed E-state index contributed by atoms with van der Waals surface area (Å²) in [6.45, 7) is 6.29. The molecule has 0 spiro atoms. The Bertz CT molecular complexity index is 230. The van der Waals surface area contributed by atoms with Crippen LogP contribution in [0.25, 0.3) is 0 Å². The van der Waals surface area contributed by atoms with Gasteiger partial charge in [-0.05, 0) is 25.2 Å². The van der Waals surface area contributed by atoms with Gasteiger partial charge in [0.25, 0.3) is 0 Å². The smallest absolute Gasteiger partial charge is 0.0478 e. The fourth-order valence-corrected chi connectivity index (χ4v) is 3.63. The van der Waals surface area contributed by atoms with Gasteiger partial charge in [-0.15, -0.1) is 11.6 Å². The molecule has 0 amide bonds. The van der Waals surface area contributed by atoms with Gasteiger partial charge in [-0.1, -0.05) is 6.42 Å². The lowest BCUT2D eigenvalue weighted by molar-refractivity contribution is 0.0782. The molecule has 15 heavy (non-hydrogen) atoms. The van der Waals surface area contributed by atoms with Crippen molar-refractivity contribution in [2.24, 2.45) is 5.92 Å². The highest BCUT2D eigenvalue weighted by Gasteiger charge is 2.35. The van der Waals surface area contributed by atoms with E-state index in [1.807, 2.05) is 0 Å². The van der Waals surface area contributed by atoms with Crippen LogP contribution in [-0.2, 0) is 0 Å². The lowest BCUT2D eigenvalue weighted by Gasteiger charge is -2.40. The van der Waals surface area contributed by atoms with E-state index >= 15 is 0 Å². The highest BCUT2D eigenvalue weighted by atomic mass is 35.5. The molecular weight excluding hydrogens is 208 g/mol. The largest absolute Gasteiger partial charge is 0.300 e. The Morgan fingerprint density at radius 1 is 1.13 bits per heavy atom. The van der Waals surface area contributed by atoms with Crippen LogP contribution in [0.5, 0.6) is 0 Å². The molecule has 2 aliphatic heterocycles. The molecule has 0 aromatic carbocycles. The summed E-state index contributed by atoms with van der Waals surface area (Å²) in [4.78, 5) is 5.27. The van der Waals surface area contributed by atoms with Gasteiger partial charge in [0.1, 0.15) is 0 Å². The van der Waals surface area contributed by atoms with Gasteiger partial charge in [-0.25, -0.2) is 0 Å². The summed E-state index contributed by atoms with van der Waals surface area (Å²) in [7, 11) is 0. The maximum Gasteiger partial charge on any atom is 0.0478 e. The Balaban J connectivity index is 1.51. The second-order valence-corrected chi connectivity index (χ2v) is 6.16. The molecule has 2 heterocycles. The van der Waals surface area contributed by atoms with Crippen LogP contribution in [-0.4, -0.2) is 53.9 Å². The Labute approximate surface area is 97.6 Å². The summed E-state index contributed by atoms with van der Waals surface area (Å²) in [5.41, 5.74) is 0. The van der Waals surface area contributed by atoms with Crippen molar-refractivity contribution in [3.63, 3.8) is 0 Å². The zero-order chi connectivity index (χ0) is 10.3. The minimum Gasteiger partial charge on any atom is -0.300 e. The van der Waals surface area contributed by atoms with Crippen LogP contribution in [0.2, 0.25) is 0 Å². The third-order valence-electron chi connectivity index (χ3n) is 4.39. The number of alkyl halides is 1. The molecule has 2 unspecified atom stereocenters. The second-order valence-electron chi connectivity index (χ2n) is 5.54. The summed E-state index contributed by atoms with van der Waals surface area (Å²) >= 11 is 6.22. The molecule has 3 fully saturated rings. The molecule has 0 aromatic heterocycles. The van der Waals surface area contributed by atoms with Crippen LogP contribution in [0, 0.1) is 5.92 Å². The molecule has 86 valence electrons. The van der Waals surface area contributed by atoms with Crippen LogP contribution < -0.4 is 0 Å². The van der Waals surface area contributed by atoms with Gasteiger partial charge >= 0.3 is 0 Å². The molecule has 1 saturated carbocycles. The number of rotatable bonds is 2. The average molecular weight is 229 g/mol. The minimum absolute atomic E-state index is 0.415. The van der Waals surface area contributed by atoms with Crippen molar-refractivity contribution >= 4 is 11.6 Å². The Hall–Kier alpha value is 0.210. The highest BCUT2D eigenvalue weighted by Crippen LogP contribution is 2.30. The Kier molecular flexibility index (Phi) is 2.92. The van der Waals surface area contributed by atoms with E-state index in [0.29, 0.717) is 5.38 Å². The normalized spacial score (nSPS) is 39.0. The van der Waals surface area contributed by atoms with E-state index in [2.05, 4.69) is 9.80 Å². The first-order valence-corrected chi connectivity index (χ1v) is 6.85. The monoisotopic (exact) mass is 228 g/mol. The third kappa shape index (κ3) is 2.17.